The van der Waals surface area contributed by atoms with Crippen molar-refractivity contribution in [3.63, 3.8) is 0 Å². The van der Waals surface area contributed by atoms with E-state index in [4.69, 9.17) is 8.83 Å². The van der Waals surface area contributed by atoms with Gasteiger partial charge in [-0.15, -0.1) is 5.10 Å². The fraction of sp³-hybridized carbons (Fsp3) is 0.0909. The number of fused-ring (bicyclic) bond motifs is 2. The van der Waals surface area contributed by atoms with Gasteiger partial charge in [0.1, 0.15) is 22.7 Å². The SMILES string of the molecule is Cn1cc(C(c2c(O)c3ccccc3oc2=O)c2c(O)c3ccccc3oc2=O)nn1. The van der Waals surface area contributed by atoms with Crippen molar-refractivity contribution in [2.75, 3.05) is 0 Å². The number of benzene rings is 2. The lowest BCUT2D eigenvalue weighted by molar-refractivity contribution is 0.440. The Morgan fingerprint density at radius 1 is 0.839 bits per heavy atom. The zero-order valence-corrected chi connectivity index (χ0v) is 16.1. The number of rotatable bonds is 3. The van der Waals surface area contributed by atoms with Crippen LogP contribution in [0.25, 0.3) is 21.9 Å². The highest BCUT2D eigenvalue weighted by Gasteiger charge is 2.34. The third kappa shape index (κ3) is 2.86. The van der Waals surface area contributed by atoms with Gasteiger partial charge in [0.15, 0.2) is 0 Å². The predicted molar refractivity (Wildman–Crippen MR) is 110 cm³/mol. The van der Waals surface area contributed by atoms with E-state index < -0.39 is 17.2 Å². The molecule has 0 saturated heterocycles. The van der Waals surface area contributed by atoms with E-state index in [1.807, 2.05) is 0 Å². The van der Waals surface area contributed by atoms with Crippen molar-refractivity contribution < 1.29 is 19.0 Å². The van der Waals surface area contributed by atoms with E-state index >= 15 is 0 Å². The number of nitrogens with zero attached hydrogens (tertiary/aromatic N) is 3. The van der Waals surface area contributed by atoms with E-state index in [9.17, 15) is 19.8 Å². The summed E-state index contributed by atoms with van der Waals surface area (Å²) in [6, 6.07) is 12.9. The zero-order chi connectivity index (χ0) is 21.7. The minimum atomic E-state index is -1.28. The van der Waals surface area contributed by atoms with Crippen molar-refractivity contribution in [1.82, 2.24) is 15.0 Å². The Labute approximate surface area is 173 Å². The summed E-state index contributed by atoms with van der Waals surface area (Å²) in [5.41, 5.74) is -1.74. The Kier molecular flexibility index (Phi) is 4.11. The molecule has 0 unspecified atom stereocenters. The van der Waals surface area contributed by atoms with Gasteiger partial charge >= 0.3 is 11.3 Å². The summed E-state index contributed by atoms with van der Waals surface area (Å²) in [6.07, 6.45) is 1.48. The molecule has 0 amide bonds. The second kappa shape index (κ2) is 6.84. The molecule has 3 heterocycles. The second-order valence-corrected chi connectivity index (χ2v) is 7.05. The molecule has 5 rings (SSSR count). The number of aryl methyl sites for hydroxylation is 1. The summed E-state index contributed by atoms with van der Waals surface area (Å²) >= 11 is 0. The molecule has 2 N–H and O–H groups in total. The molecule has 9 nitrogen and oxygen atoms in total. The highest BCUT2D eigenvalue weighted by molar-refractivity contribution is 5.86. The van der Waals surface area contributed by atoms with Gasteiger partial charge in [0.2, 0.25) is 0 Å². The molecule has 0 bridgehead atoms. The van der Waals surface area contributed by atoms with Gasteiger partial charge in [0, 0.05) is 13.2 Å². The third-order valence-corrected chi connectivity index (χ3v) is 5.13. The minimum Gasteiger partial charge on any atom is -0.507 e. The molecule has 3 aromatic heterocycles. The van der Waals surface area contributed by atoms with Crippen LogP contribution in [0.15, 0.2) is 73.2 Å². The van der Waals surface area contributed by atoms with Crippen molar-refractivity contribution in [1.29, 1.82) is 0 Å². The number of hydrogen-bond acceptors (Lipinski definition) is 8. The van der Waals surface area contributed by atoms with Crippen molar-refractivity contribution in [3.8, 4) is 11.5 Å². The molecule has 0 atom stereocenters. The van der Waals surface area contributed by atoms with Crippen LogP contribution in [0.5, 0.6) is 11.5 Å². The molecule has 154 valence electrons. The Morgan fingerprint density at radius 2 is 1.32 bits per heavy atom. The van der Waals surface area contributed by atoms with Gasteiger partial charge in [-0.2, -0.15) is 0 Å². The molecule has 9 heteroatoms. The maximum atomic E-state index is 12.9. The molecule has 0 aliphatic rings. The van der Waals surface area contributed by atoms with Crippen LogP contribution in [0.2, 0.25) is 0 Å². The van der Waals surface area contributed by atoms with Gasteiger partial charge in [-0.05, 0) is 24.3 Å². The molecule has 5 aromatic rings. The van der Waals surface area contributed by atoms with E-state index in [-0.39, 0.29) is 50.3 Å². The van der Waals surface area contributed by atoms with Crippen LogP contribution in [-0.4, -0.2) is 25.2 Å². The Morgan fingerprint density at radius 3 is 1.77 bits per heavy atom. The molecule has 0 fully saturated rings. The van der Waals surface area contributed by atoms with E-state index in [0.29, 0.717) is 0 Å². The highest BCUT2D eigenvalue weighted by Crippen LogP contribution is 2.41. The van der Waals surface area contributed by atoms with E-state index in [0.717, 1.165) is 0 Å². The van der Waals surface area contributed by atoms with Crippen LogP contribution < -0.4 is 11.3 Å². The number of aromatic hydroxyl groups is 2. The first-order chi connectivity index (χ1) is 15.0. The maximum Gasteiger partial charge on any atom is 0.344 e. The van der Waals surface area contributed by atoms with Crippen molar-refractivity contribution in [2.24, 2.45) is 7.05 Å². The van der Waals surface area contributed by atoms with E-state index in [1.165, 1.54) is 10.9 Å². The van der Waals surface area contributed by atoms with Crippen LogP contribution in [0.4, 0.5) is 0 Å². The first-order valence-corrected chi connectivity index (χ1v) is 9.31. The predicted octanol–water partition coefficient (Wildman–Crippen LogP) is 2.62. The van der Waals surface area contributed by atoms with Crippen molar-refractivity contribution in [3.05, 3.63) is 92.4 Å². The Bertz CT molecular complexity index is 1480. The molecule has 0 saturated carbocycles. The molecular weight excluding hydrogens is 402 g/mol. The van der Waals surface area contributed by atoms with Gasteiger partial charge in [-0.1, -0.05) is 29.5 Å². The fourth-order valence-electron chi connectivity index (χ4n) is 3.74. The lowest BCUT2D eigenvalue weighted by Crippen LogP contribution is -2.21. The van der Waals surface area contributed by atoms with Gasteiger partial charge in [-0.25, -0.2) is 9.59 Å². The van der Waals surface area contributed by atoms with Gasteiger partial charge in [-0.3, -0.25) is 4.68 Å². The molecule has 2 aromatic carbocycles. The number of hydrogen-bond donors (Lipinski definition) is 2. The summed E-state index contributed by atoms with van der Waals surface area (Å²) in [6.45, 7) is 0. The Hall–Kier alpha value is -4.40. The maximum absolute atomic E-state index is 12.9. The summed E-state index contributed by atoms with van der Waals surface area (Å²) in [7, 11) is 1.61. The topological polar surface area (TPSA) is 132 Å². The Balaban J connectivity index is 1.91. The lowest BCUT2D eigenvalue weighted by atomic mass is 9.88. The average molecular weight is 417 g/mol. The summed E-state index contributed by atoms with van der Waals surface area (Å²) < 4.78 is 12.2. The monoisotopic (exact) mass is 417 g/mol. The first kappa shape index (κ1) is 18.6. The van der Waals surface area contributed by atoms with Gasteiger partial charge < -0.3 is 19.0 Å². The minimum absolute atomic E-state index is 0.151. The fourth-order valence-corrected chi connectivity index (χ4v) is 3.74. The summed E-state index contributed by atoms with van der Waals surface area (Å²) in [5.74, 6) is -2.04. The van der Waals surface area contributed by atoms with Crippen LogP contribution in [-0.2, 0) is 7.05 Å². The molecule has 0 radical (unpaired) electrons. The van der Waals surface area contributed by atoms with E-state index in [2.05, 4.69) is 10.3 Å². The summed E-state index contributed by atoms with van der Waals surface area (Å²) in [4.78, 5) is 25.9. The zero-order valence-electron chi connectivity index (χ0n) is 16.1. The van der Waals surface area contributed by atoms with Crippen molar-refractivity contribution in [2.45, 2.75) is 5.92 Å². The van der Waals surface area contributed by atoms with Crippen LogP contribution >= 0.6 is 0 Å². The molecule has 31 heavy (non-hydrogen) atoms. The quantitative estimate of drug-likeness (QED) is 0.428. The third-order valence-electron chi connectivity index (χ3n) is 5.13. The largest absolute Gasteiger partial charge is 0.507 e. The molecular formula is C22H15N3O6. The van der Waals surface area contributed by atoms with Crippen molar-refractivity contribution >= 4 is 21.9 Å². The first-order valence-electron chi connectivity index (χ1n) is 9.31. The van der Waals surface area contributed by atoms with Crippen LogP contribution in [0, 0.1) is 0 Å². The van der Waals surface area contributed by atoms with Gasteiger partial charge in [0.25, 0.3) is 0 Å². The number of aromatic nitrogens is 3. The summed E-state index contributed by atoms with van der Waals surface area (Å²) in [5, 5.41) is 30.4. The standard InChI is InChI=1S/C22H15N3O6/c1-25-10-13(23-24-25)16(17-19(26)11-6-2-4-8-14(11)30-21(17)28)18-20(27)12-7-3-5-9-15(12)31-22(18)29/h2-10,16,26-27H,1H3. The average Bonchev–Trinajstić information content (AvgIpc) is 3.18. The second-order valence-electron chi connectivity index (χ2n) is 7.05. The normalized spacial score (nSPS) is 11.5. The molecule has 0 aliphatic carbocycles. The van der Waals surface area contributed by atoms with Gasteiger partial charge in [0.05, 0.1) is 33.5 Å². The smallest absolute Gasteiger partial charge is 0.344 e. The van der Waals surface area contributed by atoms with Crippen LogP contribution in [0.3, 0.4) is 0 Å². The molecule has 0 spiro atoms. The van der Waals surface area contributed by atoms with E-state index in [1.54, 1.807) is 55.6 Å². The van der Waals surface area contributed by atoms with Crippen LogP contribution in [0.1, 0.15) is 22.7 Å². The highest BCUT2D eigenvalue weighted by atomic mass is 16.4. The lowest BCUT2D eigenvalue weighted by Gasteiger charge is -2.17. The molecule has 0 aliphatic heterocycles. The number of para-hydroxylation sites is 2.